The van der Waals surface area contributed by atoms with Crippen molar-refractivity contribution in [1.29, 1.82) is 0 Å². The highest BCUT2D eigenvalue weighted by atomic mass is 35.5. The number of rotatable bonds is 3. The van der Waals surface area contributed by atoms with Crippen molar-refractivity contribution < 1.29 is 14.6 Å². The predicted octanol–water partition coefficient (Wildman–Crippen LogP) is 2.02. The first kappa shape index (κ1) is 11.7. The van der Waals surface area contributed by atoms with Crippen LogP contribution in [-0.2, 0) is 4.74 Å². The summed E-state index contributed by atoms with van der Waals surface area (Å²) in [5.41, 5.74) is 0.0984. The maximum atomic E-state index is 10.8. The van der Waals surface area contributed by atoms with Crippen molar-refractivity contribution in [1.82, 2.24) is 4.98 Å². The number of carboxylic acid groups (broad SMARTS) is 1. The molecule has 3 rings (SSSR count). The van der Waals surface area contributed by atoms with Gasteiger partial charge in [0.15, 0.2) is 0 Å². The van der Waals surface area contributed by atoms with Crippen LogP contribution in [0, 0.1) is 5.92 Å². The Morgan fingerprint density at radius 3 is 3.11 bits per heavy atom. The summed E-state index contributed by atoms with van der Waals surface area (Å²) in [6.45, 7) is 0.826. The van der Waals surface area contributed by atoms with Gasteiger partial charge in [0.25, 0.3) is 0 Å². The Morgan fingerprint density at radius 1 is 1.61 bits per heavy atom. The smallest absolute Gasteiger partial charge is 0.337 e. The maximum absolute atomic E-state index is 10.8. The molecule has 0 amide bonds. The SMILES string of the molecule is O=C(O)c1cnc(N[C@H]2C[C@@H]3OCC[C@H]23)c(Cl)c1. The molecular weight excluding hydrogens is 256 g/mol. The van der Waals surface area contributed by atoms with Crippen LogP contribution in [0.2, 0.25) is 5.02 Å². The summed E-state index contributed by atoms with van der Waals surface area (Å²) in [5.74, 6) is 0.0582. The predicted molar refractivity (Wildman–Crippen MR) is 66.1 cm³/mol. The van der Waals surface area contributed by atoms with Crippen LogP contribution in [-0.4, -0.2) is 34.8 Å². The van der Waals surface area contributed by atoms with Gasteiger partial charge >= 0.3 is 5.97 Å². The minimum absolute atomic E-state index is 0.0984. The van der Waals surface area contributed by atoms with E-state index in [0.29, 0.717) is 28.9 Å². The van der Waals surface area contributed by atoms with E-state index in [1.54, 1.807) is 0 Å². The normalized spacial score (nSPS) is 29.5. The largest absolute Gasteiger partial charge is 0.478 e. The van der Waals surface area contributed by atoms with Gasteiger partial charge in [0.2, 0.25) is 0 Å². The number of aromatic carboxylic acids is 1. The summed E-state index contributed by atoms with van der Waals surface area (Å²) in [6, 6.07) is 1.75. The van der Waals surface area contributed by atoms with Crippen LogP contribution >= 0.6 is 11.6 Å². The van der Waals surface area contributed by atoms with Crippen molar-refractivity contribution in [2.75, 3.05) is 11.9 Å². The molecule has 3 atom stereocenters. The van der Waals surface area contributed by atoms with Crippen molar-refractivity contribution >= 4 is 23.4 Å². The fourth-order valence-corrected chi connectivity index (χ4v) is 2.82. The number of fused-ring (bicyclic) bond motifs is 1. The van der Waals surface area contributed by atoms with Crippen molar-refractivity contribution in [3.63, 3.8) is 0 Å². The van der Waals surface area contributed by atoms with Crippen LogP contribution in [0.25, 0.3) is 0 Å². The highest BCUT2D eigenvalue weighted by Gasteiger charge is 2.45. The van der Waals surface area contributed by atoms with E-state index in [2.05, 4.69) is 10.3 Å². The summed E-state index contributed by atoms with van der Waals surface area (Å²) in [5, 5.41) is 12.4. The molecule has 0 spiro atoms. The number of nitrogens with zero attached hydrogens (tertiary/aromatic N) is 1. The van der Waals surface area contributed by atoms with Gasteiger partial charge in [0.1, 0.15) is 5.82 Å². The van der Waals surface area contributed by atoms with E-state index in [4.69, 9.17) is 21.4 Å². The molecule has 0 aromatic carbocycles. The number of hydrogen-bond acceptors (Lipinski definition) is 4. The number of halogens is 1. The van der Waals surface area contributed by atoms with Crippen LogP contribution < -0.4 is 5.32 Å². The molecule has 96 valence electrons. The Labute approximate surface area is 109 Å². The quantitative estimate of drug-likeness (QED) is 0.878. The van der Waals surface area contributed by atoms with E-state index in [1.165, 1.54) is 12.3 Å². The van der Waals surface area contributed by atoms with Crippen LogP contribution in [0.4, 0.5) is 5.82 Å². The molecule has 2 aliphatic rings. The molecule has 2 fully saturated rings. The van der Waals surface area contributed by atoms with Gasteiger partial charge in [-0.15, -0.1) is 0 Å². The van der Waals surface area contributed by atoms with Gasteiger partial charge in [0, 0.05) is 24.8 Å². The molecule has 0 radical (unpaired) electrons. The number of carboxylic acids is 1. The fraction of sp³-hybridized carbons (Fsp3) is 0.500. The molecule has 1 aromatic heterocycles. The summed E-state index contributed by atoms with van der Waals surface area (Å²) < 4.78 is 5.53. The summed E-state index contributed by atoms with van der Waals surface area (Å²) in [6.07, 6.45) is 3.72. The number of aromatic nitrogens is 1. The van der Waals surface area contributed by atoms with Gasteiger partial charge < -0.3 is 15.2 Å². The molecule has 1 aromatic rings. The first-order chi connectivity index (χ1) is 8.65. The van der Waals surface area contributed by atoms with Crippen LogP contribution in [0.15, 0.2) is 12.3 Å². The molecule has 1 aliphatic heterocycles. The number of ether oxygens (including phenoxy) is 1. The molecular formula is C12H13ClN2O3. The zero-order chi connectivity index (χ0) is 12.7. The third kappa shape index (κ3) is 1.93. The highest BCUT2D eigenvalue weighted by molar-refractivity contribution is 6.33. The lowest BCUT2D eigenvalue weighted by molar-refractivity contribution is 0.0246. The second-order valence-electron chi connectivity index (χ2n) is 4.71. The Bertz CT molecular complexity index is 494. The first-order valence-corrected chi connectivity index (χ1v) is 6.30. The molecule has 18 heavy (non-hydrogen) atoms. The van der Waals surface area contributed by atoms with Crippen molar-refractivity contribution in [2.45, 2.75) is 25.0 Å². The molecule has 0 bridgehead atoms. The van der Waals surface area contributed by atoms with Gasteiger partial charge in [-0.2, -0.15) is 0 Å². The standard InChI is InChI=1S/C12H13ClN2O3/c13-8-3-6(12(16)17)5-14-11(8)15-9-4-10-7(9)1-2-18-10/h3,5,7,9-10H,1-2,4H2,(H,14,15)(H,16,17)/t7-,9+,10+/m1/s1. The van der Waals surface area contributed by atoms with Crippen molar-refractivity contribution in [3.05, 3.63) is 22.8 Å². The second kappa shape index (κ2) is 4.40. The third-order valence-electron chi connectivity index (χ3n) is 3.67. The molecule has 5 nitrogen and oxygen atoms in total. The number of anilines is 1. The Morgan fingerprint density at radius 2 is 2.44 bits per heavy atom. The van der Waals surface area contributed by atoms with E-state index >= 15 is 0 Å². The fourth-order valence-electron chi connectivity index (χ4n) is 2.60. The van der Waals surface area contributed by atoms with E-state index in [-0.39, 0.29) is 5.56 Å². The number of nitrogens with one attached hydrogen (secondary N) is 1. The average Bonchev–Trinajstić information content (AvgIpc) is 2.69. The van der Waals surface area contributed by atoms with E-state index < -0.39 is 5.97 Å². The second-order valence-corrected chi connectivity index (χ2v) is 5.12. The van der Waals surface area contributed by atoms with Crippen LogP contribution in [0.5, 0.6) is 0 Å². The monoisotopic (exact) mass is 268 g/mol. The minimum Gasteiger partial charge on any atom is -0.478 e. The minimum atomic E-state index is -1.02. The van der Waals surface area contributed by atoms with Crippen molar-refractivity contribution in [2.24, 2.45) is 5.92 Å². The maximum Gasteiger partial charge on any atom is 0.337 e. The number of hydrogen-bond donors (Lipinski definition) is 2. The number of pyridine rings is 1. The van der Waals surface area contributed by atoms with Gasteiger partial charge in [-0.05, 0) is 18.9 Å². The van der Waals surface area contributed by atoms with Gasteiger partial charge in [0.05, 0.1) is 16.7 Å². The molecule has 1 saturated heterocycles. The third-order valence-corrected chi connectivity index (χ3v) is 3.96. The summed E-state index contributed by atoms with van der Waals surface area (Å²) >= 11 is 6.02. The molecule has 1 saturated carbocycles. The topological polar surface area (TPSA) is 71.5 Å². The first-order valence-electron chi connectivity index (χ1n) is 5.92. The lowest BCUT2D eigenvalue weighted by atomic mass is 9.76. The molecule has 2 N–H and O–H groups in total. The van der Waals surface area contributed by atoms with Crippen LogP contribution in [0.1, 0.15) is 23.2 Å². The molecule has 1 aliphatic carbocycles. The lowest BCUT2D eigenvalue weighted by Crippen LogP contribution is -2.47. The van der Waals surface area contributed by atoms with Gasteiger partial charge in [-0.25, -0.2) is 9.78 Å². The Hall–Kier alpha value is -1.33. The van der Waals surface area contributed by atoms with E-state index in [1.807, 2.05) is 0 Å². The van der Waals surface area contributed by atoms with Gasteiger partial charge in [-0.1, -0.05) is 11.6 Å². The zero-order valence-electron chi connectivity index (χ0n) is 9.60. The zero-order valence-corrected chi connectivity index (χ0v) is 10.4. The molecule has 0 unspecified atom stereocenters. The molecule has 6 heteroatoms. The number of carbonyl (C=O) groups is 1. The highest BCUT2D eigenvalue weighted by Crippen LogP contribution is 2.40. The van der Waals surface area contributed by atoms with E-state index in [9.17, 15) is 4.79 Å². The summed E-state index contributed by atoms with van der Waals surface area (Å²) in [7, 11) is 0. The molecule has 2 heterocycles. The summed E-state index contributed by atoms with van der Waals surface area (Å²) in [4.78, 5) is 14.8. The van der Waals surface area contributed by atoms with Crippen molar-refractivity contribution in [3.8, 4) is 0 Å². The average molecular weight is 269 g/mol. The van der Waals surface area contributed by atoms with Crippen LogP contribution in [0.3, 0.4) is 0 Å². The Balaban J connectivity index is 1.71. The van der Waals surface area contributed by atoms with Gasteiger partial charge in [-0.3, -0.25) is 0 Å². The van der Waals surface area contributed by atoms with E-state index in [0.717, 1.165) is 19.4 Å². The Kier molecular flexibility index (Phi) is 2.87. The lowest BCUT2D eigenvalue weighted by Gasteiger charge is -2.39.